The first-order valence-electron chi connectivity index (χ1n) is 8.59. The normalized spacial score (nSPS) is 15.8. The lowest BCUT2D eigenvalue weighted by molar-refractivity contribution is 0.0628. The summed E-state index contributed by atoms with van der Waals surface area (Å²) in [6, 6.07) is 16.4. The highest BCUT2D eigenvalue weighted by Gasteiger charge is 2.23. The third-order valence-electron chi connectivity index (χ3n) is 4.57. The van der Waals surface area contributed by atoms with Crippen molar-refractivity contribution < 1.29 is 13.2 Å². The van der Waals surface area contributed by atoms with Gasteiger partial charge in [0.05, 0.1) is 4.90 Å². The van der Waals surface area contributed by atoms with E-state index in [4.69, 9.17) is 0 Å². The average molecular weight is 373 g/mol. The van der Waals surface area contributed by atoms with Crippen LogP contribution in [0.2, 0.25) is 0 Å². The van der Waals surface area contributed by atoms with Crippen LogP contribution in [0.3, 0.4) is 0 Å². The summed E-state index contributed by atoms with van der Waals surface area (Å²) in [4.78, 5) is 16.9. The van der Waals surface area contributed by atoms with E-state index in [1.54, 1.807) is 17.0 Å². The summed E-state index contributed by atoms with van der Waals surface area (Å²) >= 11 is 0. The Kier molecular flexibility index (Phi) is 5.70. The Hall–Kier alpha value is -2.22. The van der Waals surface area contributed by atoms with E-state index in [1.807, 2.05) is 18.2 Å². The van der Waals surface area contributed by atoms with Crippen molar-refractivity contribution in [1.29, 1.82) is 0 Å². The van der Waals surface area contributed by atoms with Crippen molar-refractivity contribution in [3.8, 4) is 0 Å². The van der Waals surface area contributed by atoms with E-state index in [-0.39, 0.29) is 10.8 Å². The summed E-state index contributed by atoms with van der Waals surface area (Å²) < 4.78 is 26.1. The fourth-order valence-electron chi connectivity index (χ4n) is 3.05. The molecule has 0 aliphatic carbocycles. The van der Waals surface area contributed by atoms with Crippen molar-refractivity contribution in [2.75, 3.05) is 33.2 Å². The van der Waals surface area contributed by atoms with Gasteiger partial charge in [0.1, 0.15) is 0 Å². The van der Waals surface area contributed by atoms with E-state index in [9.17, 15) is 13.2 Å². The third-order valence-corrected chi connectivity index (χ3v) is 5.98. The van der Waals surface area contributed by atoms with Crippen molar-refractivity contribution in [2.24, 2.45) is 0 Å². The summed E-state index contributed by atoms with van der Waals surface area (Å²) in [5.41, 5.74) is 1.66. The summed E-state index contributed by atoms with van der Waals surface area (Å²) in [7, 11) is -2.20. The van der Waals surface area contributed by atoms with E-state index < -0.39 is 10.0 Å². The topological polar surface area (TPSA) is 69.7 Å². The second kappa shape index (κ2) is 7.99. The Morgan fingerprint density at radius 2 is 1.69 bits per heavy atom. The van der Waals surface area contributed by atoms with Gasteiger partial charge in [-0.15, -0.1) is 0 Å². The summed E-state index contributed by atoms with van der Waals surface area (Å²) in [5.74, 6) is -0.127. The maximum Gasteiger partial charge on any atom is 0.253 e. The van der Waals surface area contributed by atoms with Crippen LogP contribution in [0.1, 0.15) is 15.9 Å². The van der Waals surface area contributed by atoms with Crippen molar-refractivity contribution in [2.45, 2.75) is 11.4 Å². The van der Waals surface area contributed by atoms with Crippen molar-refractivity contribution in [1.82, 2.24) is 14.5 Å². The molecule has 0 aromatic heterocycles. The number of benzene rings is 2. The quantitative estimate of drug-likeness (QED) is 0.863. The predicted molar refractivity (Wildman–Crippen MR) is 100 cm³/mol. The molecule has 3 rings (SSSR count). The van der Waals surface area contributed by atoms with Crippen LogP contribution in [-0.4, -0.2) is 57.4 Å². The molecule has 0 unspecified atom stereocenters. The number of nitrogens with one attached hydrogen (secondary N) is 1. The first kappa shape index (κ1) is 18.6. The van der Waals surface area contributed by atoms with E-state index in [2.05, 4.69) is 21.8 Å². The molecule has 0 atom stereocenters. The molecule has 1 aliphatic heterocycles. The van der Waals surface area contributed by atoms with Gasteiger partial charge in [-0.05, 0) is 30.8 Å². The molecule has 1 saturated heterocycles. The zero-order chi connectivity index (χ0) is 18.6. The molecule has 7 heteroatoms. The number of carbonyl (C=O) groups is 1. The Balaban J connectivity index is 1.63. The average Bonchev–Trinajstić information content (AvgIpc) is 2.69. The maximum absolute atomic E-state index is 12.7. The van der Waals surface area contributed by atoms with Crippen LogP contribution in [0.4, 0.5) is 0 Å². The van der Waals surface area contributed by atoms with Crippen LogP contribution in [-0.2, 0) is 16.6 Å². The molecule has 2 aromatic carbocycles. The van der Waals surface area contributed by atoms with E-state index in [0.29, 0.717) is 18.7 Å². The molecule has 26 heavy (non-hydrogen) atoms. The van der Waals surface area contributed by atoms with Crippen LogP contribution in [0.5, 0.6) is 0 Å². The van der Waals surface area contributed by atoms with Gasteiger partial charge in [0.25, 0.3) is 5.91 Å². The molecule has 6 nitrogen and oxygen atoms in total. The molecule has 1 fully saturated rings. The minimum atomic E-state index is -3.56. The van der Waals surface area contributed by atoms with Crippen LogP contribution < -0.4 is 4.72 Å². The van der Waals surface area contributed by atoms with Crippen molar-refractivity contribution in [3.63, 3.8) is 0 Å². The number of sulfonamides is 1. The van der Waals surface area contributed by atoms with Crippen LogP contribution in [0.15, 0.2) is 59.5 Å². The van der Waals surface area contributed by atoms with E-state index in [1.165, 1.54) is 24.7 Å². The second-order valence-electron chi connectivity index (χ2n) is 6.29. The van der Waals surface area contributed by atoms with Crippen LogP contribution >= 0.6 is 0 Å². The monoisotopic (exact) mass is 373 g/mol. The lowest BCUT2D eigenvalue weighted by Gasteiger charge is -2.34. The zero-order valence-corrected chi connectivity index (χ0v) is 15.6. The minimum absolute atomic E-state index is 0.105. The highest BCUT2D eigenvalue weighted by atomic mass is 32.2. The van der Waals surface area contributed by atoms with Crippen molar-refractivity contribution >= 4 is 15.9 Å². The second-order valence-corrected chi connectivity index (χ2v) is 8.18. The number of amides is 1. The first-order valence-corrected chi connectivity index (χ1v) is 10.1. The maximum atomic E-state index is 12.7. The molecule has 0 bridgehead atoms. The number of carbonyl (C=O) groups excluding carboxylic acids is 1. The van der Waals surface area contributed by atoms with Crippen LogP contribution in [0, 0.1) is 0 Å². The molecule has 1 heterocycles. The standard InChI is InChI=1S/C19H23N3O3S/c1-20-26(24,25)18-9-5-8-17(14-18)19(23)22-12-10-21(11-13-22)15-16-6-3-2-4-7-16/h2-9,14,20H,10-13,15H2,1H3. The van der Waals surface area contributed by atoms with Gasteiger partial charge in [-0.1, -0.05) is 36.4 Å². The zero-order valence-electron chi connectivity index (χ0n) is 14.8. The minimum Gasteiger partial charge on any atom is -0.336 e. The Bertz CT molecular complexity index is 861. The third kappa shape index (κ3) is 4.30. The number of hydrogen-bond donors (Lipinski definition) is 1. The Morgan fingerprint density at radius 1 is 1.00 bits per heavy atom. The smallest absolute Gasteiger partial charge is 0.253 e. The highest BCUT2D eigenvalue weighted by molar-refractivity contribution is 7.89. The van der Waals surface area contributed by atoms with E-state index in [0.717, 1.165) is 19.6 Å². The summed E-state index contributed by atoms with van der Waals surface area (Å²) in [5, 5.41) is 0. The van der Waals surface area contributed by atoms with Gasteiger partial charge >= 0.3 is 0 Å². The lowest BCUT2D eigenvalue weighted by atomic mass is 10.1. The SMILES string of the molecule is CNS(=O)(=O)c1cccc(C(=O)N2CCN(Cc3ccccc3)CC2)c1. The first-order chi connectivity index (χ1) is 12.5. The van der Waals surface area contributed by atoms with Gasteiger partial charge in [-0.2, -0.15) is 0 Å². The molecule has 1 amide bonds. The highest BCUT2D eigenvalue weighted by Crippen LogP contribution is 2.15. The number of piperazine rings is 1. The van der Waals surface area contributed by atoms with Gasteiger partial charge in [-0.3, -0.25) is 9.69 Å². The molecular weight excluding hydrogens is 350 g/mol. The van der Waals surface area contributed by atoms with E-state index >= 15 is 0 Å². The molecular formula is C19H23N3O3S. The number of nitrogens with zero attached hydrogens (tertiary/aromatic N) is 2. The molecule has 0 spiro atoms. The van der Waals surface area contributed by atoms with Gasteiger partial charge < -0.3 is 4.90 Å². The Labute approximate surface area is 154 Å². The summed E-state index contributed by atoms with van der Waals surface area (Å²) in [6.07, 6.45) is 0. The molecule has 1 N–H and O–H groups in total. The predicted octanol–water partition coefficient (Wildman–Crippen LogP) is 1.55. The van der Waals surface area contributed by atoms with Gasteiger partial charge in [0.15, 0.2) is 0 Å². The van der Waals surface area contributed by atoms with Crippen LogP contribution in [0.25, 0.3) is 0 Å². The van der Waals surface area contributed by atoms with Gasteiger partial charge in [0, 0.05) is 38.3 Å². The largest absolute Gasteiger partial charge is 0.336 e. The molecule has 0 radical (unpaired) electrons. The summed E-state index contributed by atoms with van der Waals surface area (Å²) in [6.45, 7) is 3.74. The fraction of sp³-hybridized carbons (Fsp3) is 0.316. The Morgan fingerprint density at radius 3 is 2.35 bits per heavy atom. The van der Waals surface area contributed by atoms with Gasteiger partial charge in [-0.25, -0.2) is 13.1 Å². The van der Waals surface area contributed by atoms with Gasteiger partial charge in [0.2, 0.25) is 10.0 Å². The lowest BCUT2D eigenvalue weighted by Crippen LogP contribution is -2.48. The fourth-order valence-corrected chi connectivity index (χ4v) is 3.82. The molecule has 0 saturated carbocycles. The number of rotatable bonds is 5. The number of hydrogen-bond acceptors (Lipinski definition) is 4. The molecule has 1 aliphatic rings. The molecule has 138 valence electrons. The molecule has 2 aromatic rings. The van der Waals surface area contributed by atoms with Crippen molar-refractivity contribution in [3.05, 3.63) is 65.7 Å².